The van der Waals surface area contributed by atoms with E-state index in [4.69, 9.17) is 5.73 Å². The summed E-state index contributed by atoms with van der Waals surface area (Å²) < 4.78 is 0. The molecule has 0 amide bonds. The Balaban J connectivity index is 2.76. The van der Waals surface area contributed by atoms with Gasteiger partial charge in [-0.15, -0.1) is 0 Å². The third-order valence-corrected chi connectivity index (χ3v) is 1.97. The highest BCUT2D eigenvalue weighted by atomic mass is 15.2. The lowest BCUT2D eigenvalue weighted by Crippen LogP contribution is -2.35. The van der Waals surface area contributed by atoms with E-state index in [0.717, 1.165) is 12.2 Å². The SMILES string of the molecule is CC(C)N(CCN)c1cccnc1. The fourth-order valence-corrected chi connectivity index (χ4v) is 1.35. The predicted molar refractivity (Wildman–Crippen MR) is 55.8 cm³/mol. The van der Waals surface area contributed by atoms with Crippen LogP contribution >= 0.6 is 0 Å². The summed E-state index contributed by atoms with van der Waals surface area (Å²) >= 11 is 0. The van der Waals surface area contributed by atoms with E-state index in [1.165, 1.54) is 0 Å². The third kappa shape index (κ3) is 2.70. The first-order chi connectivity index (χ1) is 6.25. The molecule has 72 valence electrons. The maximum atomic E-state index is 5.54. The van der Waals surface area contributed by atoms with Gasteiger partial charge in [0.2, 0.25) is 0 Å². The molecule has 1 aromatic rings. The average molecular weight is 179 g/mol. The Morgan fingerprint density at radius 3 is 2.77 bits per heavy atom. The van der Waals surface area contributed by atoms with E-state index in [9.17, 15) is 0 Å². The summed E-state index contributed by atoms with van der Waals surface area (Å²) in [7, 11) is 0. The van der Waals surface area contributed by atoms with Crippen LogP contribution in [-0.4, -0.2) is 24.1 Å². The molecule has 13 heavy (non-hydrogen) atoms. The molecule has 2 N–H and O–H groups in total. The molecule has 0 unspecified atom stereocenters. The van der Waals surface area contributed by atoms with Gasteiger partial charge in [-0.1, -0.05) is 0 Å². The van der Waals surface area contributed by atoms with Crippen molar-refractivity contribution in [2.24, 2.45) is 5.73 Å². The molecule has 1 rings (SSSR count). The average Bonchev–Trinajstić information content (AvgIpc) is 2.15. The number of aromatic nitrogens is 1. The Kier molecular flexibility index (Phi) is 3.71. The molecule has 0 aromatic carbocycles. The first-order valence-electron chi connectivity index (χ1n) is 4.62. The van der Waals surface area contributed by atoms with Crippen molar-refractivity contribution in [3.63, 3.8) is 0 Å². The molecule has 0 radical (unpaired) electrons. The van der Waals surface area contributed by atoms with Crippen LogP contribution in [0, 0.1) is 0 Å². The Morgan fingerprint density at radius 1 is 1.54 bits per heavy atom. The highest BCUT2D eigenvalue weighted by molar-refractivity contribution is 5.44. The minimum absolute atomic E-state index is 0.466. The molecule has 3 heteroatoms. The van der Waals surface area contributed by atoms with Crippen molar-refractivity contribution in [2.75, 3.05) is 18.0 Å². The molecule has 0 aliphatic carbocycles. The fourth-order valence-electron chi connectivity index (χ4n) is 1.35. The number of nitrogens with zero attached hydrogens (tertiary/aromatic N) is 2. The van der Waals surface area contributed by atoms with Gasteiger partial charge in [-0.2, -0.15) is 0 Å². The number of nitrogens with two attached hydrogens (primary N) is 1. The van der Waals surface area contributed by atoms with Gasteiger partial charge in [-0.25, -0.2) is 0 Å². The van der Waals surface area contributed by atoms with E-state index in [-0.39, 0.29) is 0 Å². The Hall–Kier alpha value is -1.09. The van der Waals surface area contributed by atoms with Gasteiger partial charge in [0.05, 0.1) is 11.9 Å². The van der Waals surface area contributed by atoms with Crippen molar-refractivity contribution >= 4 is 5.69 Å². The highest BCUT2D eigenvalue weighted by Crippen LogP contribution is 2.13. The molecule has 0 saturated heterocycles. The molecule has 0 aliphatic heterocycles. The van der Waals surface area contributed by atoms with Crippen LogP contribution in [0.2, 0.25) is 0 Å². The normalized spacial score (nSPS) is 10.5. The lowest BCUT2D eigenvalue weighted by atomic mass is 10.2. The number of pyridine rings is 1. The van der Waals surface area contributed by atoms with Crippen LogP contribution in [0.3, 0.4) is 0 Å². The highest BCUT2D eigenvalue weighted by Gasteiger charge is 2.08. The van der Waals surface area contributed by atoms with Crippen LogP contribution in [0.1, 0.15) is 13.8 Å². The van der Waals surface area contributed by atoms with Crippen LogP contribution in [0.4, 0.5) is 5.69 Å². The first kappa shape index (κ1) is 9.99. The molecule has 0 spiro atoms. The van der Waals surface area contributed by atoms with Crippen LogP contribution in [0.15, 0.2) is 24.5 Å². The van der Waals surface area contributed by atoms with Gasteiger partial charge in [-0.3, -0.25) is 4.98 Å². The number of anilines is 1. The zero-order chi connectivity index (χ0) is 9.68. The molecule has 1 aromatic heterocycles. The molecule has 0 aliphatic rings. The molecule has 1 heterocycles. The second-order valence-corrected chi connectivity index (χ2v) is 3.29. The van der Waals surface area contributed by atoms with Crippen molar-refractivity contribution in [3.05, 3.63) is 24.5 Å². The maximum Gasteiger partial charge on any atom is 0.0555 e. The van der Waals surface area contributed by atoms with E-state index >= 15 is 0 Å². The monoisotopic (exact) mass is 179 g/mol. The van der Waals surface area contributed by atoms with Crippen LogP contribution in [0.5, 0.6) is 0 Å². The number of hydrogen-bond donors (Lipinski definition) is 1. The fraction of sp³-hybridized carbons (Fsp3) is 0.500. The van der Waals surface area contributed by atoms with E-state index in [1.54, 1.807) is 6.20 Å². The molecule has 0 fully saturated rings. The summed E-state index contributed by atoms with van der Waals surface area (Å²) in [6.07, 6.45) is 3.65. The Morgan fingerprint density at radius 2 is 2.31 bits per heavy atom. The van der Waals surface area contributed by atoms with Gasteiger partial charge < -0.3 is 10.6 Å². The molecule has 3 nitrogen and oxygen atoms in total. The van der Waals surface area contributed by atoms with Crippen molar-refractivity contribution < 1.29 is 0 Å². The van der Waals surface area contributed by atoms with Crippen molar-refractivity contribution in [2.45, 2.75) is 19.9 Å². The summed E-state index contributed by atoms with van der Waals surface area (Å²) in [5.41, 5.74) is 6.68. The van der Waals surface area contributed by atoms with Gasteiger partial charge >= 0.3 is 0 Å². The van der Waals surface area contributed by atoms with Gasteiger partial charge in [-0.05, 0) is 26.0 Å². The van der Waals surface area contributed by atoms with Crippen molar-refractivity contribution in [1.29, 1.82) is 0 Å². The lowest BCUT2D eigenvalue weighted by Gasteiger charge is -2.27. The maximum absolute atomic E-state index is 5.54. The zero-order valence-corrected chi connectivity index (χ0v) is 8.27. The number of hydrogen-bond acceptors (Lipinski definition) is 3. The van der Waals surface area contributed by atoms with Gasteiger partial charge in [0.25, 0.3) is 0 Å². The van der Waals surface area contributed by atoms with Gasteiger partial charge in [0.15, 0.2) is 0 Å². The van der Waals surface area contributed by atoms with E-state index < -0.39 is 0 Å². The van der Waals surface area contributed by atoms with E-state index in [0.29, 0.717) is 12.6 Å². The van der Waals surface area contributed by atoms with E-state index in [1.807, 2.05) is 12.3 Å². The Labute approximate surface area is 79.6 Å². The van der Waals surface area contributed by atoms with Crippen LogP contribution in [-0.2, 0) is 0 Å². The second-order valence-electron chi connectivity index (χ2n) is 3.29. The predicted octanol–water partition coefficient (Wildman–Crippen LogP) is 1.26. The largest absolute Gasteiger partial charge is 0.367 e. The smallest absolute Gasteiger partial charge is 0.0555 e. The Bertz CT molecular complexity index is 233. The topological polar surface area (TPSA) is 42.1 Å². The second kappa shape index (κ2) is 4.82. The minimum atomic E-state index is 0.466. The molecule has 0 atom stereocenters. The summed E-state index contributed by atoms with van der Waals surface area (Å²) in [6, 6.07) is 4.47. The molecule has 0 bridgehead atoms. The quantitative estimate of drug-likeness (QED) is 0.756. The lowest BCUT2D eigenvalue weighted by molar-refractivity contribution is 0.683. The van der Waals surface area contributed by atoms with Crippen LogP contribution in [0.25, 0.3) is 0 Å². The van der Waals surface area contributed by atoms with Crippen LogP contribution < -0.4 is 10.6 Å². The van der Waals surface area contributed by atoms with Gasteiger partial charge in [0, 0.05) is 25.3 Å². The van der Waals surface area contributed by atoms with Crippen molar-refractivity contribution in [3.8, 4) is 0 Å². The summed E-state index contributed by atoms with van der Waals surface area (Å²) in [5, 5.41) is 0. The zero-order valence-electron chi connectivity index (χ0n) is 8.27. The molecular weight excluding hydrogens is 162 g/mol. The third-order valence-electron chi connectivity index (χ3n) is 1.97. The molecular formula is C10H17N3. The van der Waals surface area contributed by atoms with E-state index in [2.05, 4.69) is 29.8 Å². The first-order valence-corrected chi connectivity index (χ1v) is 4.62. The standard InChI is InChI=1S/C10H17N3/c1-9(2)13(7-5-11)10-4-3-6-12-8-10/h3-4,6,8-9H,5,7,11H2,1-2H3. The molecule has 0 saturated carbocycles. The van der Waals surface area contributed by atoms with Gasteiger partial charge in [0.1, 0.15) is 0 Å². The summed E-state index contributed by atoms with van der Waals surface area (Å²) in [5.74, 6) is 0. The van der Waals surface area contributed by atoms with Crippen molar-refractivity contribution in [1.82, 2.24) is 4.98 Å². The number of rotatable bonds is 4. The summed E-state index contributed by atoms with van der Waals surface area (Å²) in [4.78, 5) is 6.33. The summed E-state index contributed by atoms with van der Waals surface area (Å²) in [6.45, 7) is 5.86. The minimum Gasteiger partial charge on any atom is -0.367 e.